The Morgan fingerprint density at radius 1 is 1.21 bits per heavy atom. The molecule has 3 N–H and O–H groups in total. The van der Waals surface area contributed by atoms with Gasteiger partial charge in [-0.2, -0.15) is 0 Å². The lowest BCUT2D eigenvalue weighted by molar-refractivity contribution is 0.0955. The van der Waals surface area contributed by atoms with Crippen molar-refractivity contribution >= 4 is 28.8 Å². The van der Waals surface area contributed by atoms with Crippen LogP contribution in [0.15, 0.2) is 35.7 Å². The second kappa shape index (κ2) is 7.46. The van der Waals surface area contributed by atoms with E-state index >= 15 is 0 Å². The minimum Gasteiger partial charge on any atom is -0.378 e. The molecule has 1 aliphatic rings. The third-order valence-corrected chi connectivity index (χ3v) is 4.80. The number of primary amides is 1. The van der Waals surface area contributed by atoms with Crippen molar-refractivity contribution < 1.29 is 14.3 Å². The molecule has 0 unspecified atom stereocenters. The lowest BCUT2D eigenvalue weighted by atomic mass is 10.2. The van der Waals surface area contributed by atoms with Crippen molar-refractivity contribution in [1.29, 1.82) is 0 Å². The maximum Gasteiger partial charge on any atom is 0.261 e. The van der Waals surface area contributed by atoms with Gasteiger partial charge in [-0.25, -0.2) is 0 Å². The van der Waals surface area contributed by atoms with Crippen LogP contribution in [0.1, 0.15) is 25.6 Å². The van der Waals surface area contributed by atoms with Gasteiger partial charge in [0.05, 0.1) is 23.7 Å². The monoisotopic (exact) mass is 345 g/mol. The minimum atomic E-state index is -0.524. The molecule has 0 spiro atoms. The molecule has 0 saturated carbocycles. The molecule has 0 atom stereocenters. The fourth-order valence-corrected chi connectivity index (χ4v) is 3.31. The van der Waals surface area contributed by atoms with Crippen molar-refractivity contribution in [2.75, 3.05) is 31.2 Å². The van der Waals surface area contributed by atoms with Crippen LogP contribution in [0.5, 0.6) is 0 Å². The highest BCUT2D eigenvalue weighted by molar-refractivity contribution is 7.12. The predicted octanol–water partition coefficient (Wildman–Crippen LogP) is 1.61. The van der Waals surface area contributed by atoms with Crippen LogP contribution >= 0.6 is 11.3 Å². The van der Waals surface area contributed by atoms with Crippen molar-refractivity contribution in [3.63, 3.8) is 0 Å². The molecule has 1 aliphatic heterocycles. The highest BCUT2D eigenvalue weighted by Crippen LogP contribution is 2.17. The number of morpholine rings is 1. The summed E-state index contributed by atoms with van der Waals surface area (Å²) in [5.41, 5.74) is 7.74. The summed E-state index contributed by atoms with van der Waals surface area (Å²) in [5, 5.41) is 4.44. The van der Waals surface area contributed by atoms with Crippen LogP contribution in [-0.4, -0.2) is 38.1 Å². The first-order valence-electron chi connectivity index (χ1n) is 7.71. The summed E-state index contributed by atoms with van der Waals surface area (Å²) in [7, 11) is 0. The summed E-state index contributed by atoms with van der Waals surface area (Å²) >= 11 is 1.21. The van der Waals surface area contributed by atoms with Crippen LogP contribution < -0.4 is 16.0 Å². The van der Waals surface area contributed by atoms with Crippen molar-refractivity contribution in [3.8, 4) is 0 Å². The average molecular weight is 345 g/mol. The van der Waals surface area contributed by atoms with Crippen molar-refractivity contribution in [3.05, 3.63) is 51.7 Å². The molecular weight excluding hydrogens is 326 g/mol. The number of rotatable bonds is 5. The number of ether oxygens (including phenoxy) is 1. The average Bonchev–Trinajstić information content (AvgIpc) is 3.11. The molecule has 24 heavy (non-hydrogen) atoms. The fraction of sp³-hybridized carbons (Fsp3) is 0.294. The molecule has 1 aromatic carbocycles. The van der Waals surface area contributed by atoms with Gasteiger partial charge in [-0.3, -0.25) is 9.59 Å². The van der Waals surface area contributed by atoms with Crippen LogP contribution in [-0.2, 0) is 11.3 Å². The maximum atomic E-state index is 12.1. The molecule has 2 amide bonds. The first-order valence-corrected chi connectivity index (χ1v) is 8.59. The summed E-state index contributed by atoms with van der Waals surface area (Å²) in [6.45, 7) is 3.75. The van der Waals surface area contributed by atoms with Gasteiger partial charge < -0.3 is 20.7 Å². The highest BCUT2D eigenvalue weighted by atomic mass is 32.1. The molecule has 3 rings (SSSR count). The third-order valence-electron chi connectivity index (χ3n) is 3.87. The lowest BCUT2D eigenvalue weighted by Gasteiger charge is -2.28. The van der Waals surface area contributed by atoms with E-state index < -0.39 is 5.91 Å². The van der Waals surface area contributed by atoms with Crippen LogP contribution in [0.3, 0.4) is 0 Å². The van der Waals surface area contributed by atoms with Gasteiger partial charge in [0, 0.05) is 30.7 Å². The number of amides is 2. The summed E-state index contributed by atoms with van der Waals surface area (Å²) < 4.78 is 5.35. The molecule has 0 radical (unpaired) electrons. The zero-order chi connectivity index (χ0) is 16.9. The van der Waals surface area contributed by atoms with Crippen LogP contribution in [0.25, 0.3) is 0 Å². The van der Waals surface area contributed by atoms with E-state index in [0.29, 0.717) is 17.0 Å². The molecule has 0 bridgehead atoms. The van der Waals surface area contributed by atoms with Crippen LogP contribution in [0.2, 0.25) is 0 Å². The Balaban J connectivity index is 1.55. The Labute approximate surface area is 144 Å². The van der Waals surface area contributed by atoms with Gasteiger partial charge in [-0.15, -0.1) is 11.3 Å². The minimum absolute atomic E-state index is 0.204. The number of carbonyl (C=O) groups is 2. The fourth-order valence-electron chi connectivity index (χ4n) is 2.50. The zero-order valence-corrected chi connectivity index (χ0v) is 14.0. The number of nitrogens with one attached hydrogen (secondary N) is 1. The molecule has 1 saturated heterocycles. The number of carbonyl (C=O) groups excluding carboxylic acids is 2. The number of hydrogen-bond acceptors (Lipinski definition) is 5. The first-order chi connectivity index (χ1) is 11.6. The van der Waals surface area contributed by atoms with Gasteiger partial charge in [0.1, 0.15) is 0 Å². The summed E-state index contributed by atoms with van der Waals surface area (Å²) in [5.74, 6) is -0.728. The largest absolute Gasteiger partial charge is 0.378 e. The predicted molar refractivity (Wildman–Crippen MR) is 93.5 cm³/mol. The van der Waals surface area contributed by atoms with E-state index in [0.717, 1.165) is 37.6 Å². The first kappa shape index (κ1) is 16.5. The summed E-state index contributed by atoms with van der Waals surface area (Å²) in [4.78, 5) is 25.9. The van der Waals surface area contributed by atoms with Gasteiger partial charge in [0.2, 0.25) is 5.91 Å². The molecule has 2 heterocycles. The van der Waals surface area contributed by atoms with E-state index in [9.17, 15) is 9.59 Å². The van der Waals surface area contributed by atoms with Gasteiger partial charge in [0.15, 0.2) is 0 Å². The number of thiophene rings is 1. The van der Waals surface area contributed by atoms with Crippen LogP contribution in [0, 0.1) is 0 Å². The van der Waals surface area contributed by atoms with Gasteiger partial charge in [-0.1, -0.05) is 12.1 Å². The Morgan fingerprint density at radius 2 is 1.92 bits per heavy atom. The Kier molecular flexibility index (Phi) is 5.12. The summed E-state index contributed by atoms with van der Waals surface area (Å²) in [6.07, 6.45) is 0. The molecular formula is C17H19N3O3S. The van der Waals surface area contributed by atoms with E-state index in [2.05, 4.69) is 22.3 Å². The zero-order valence-electron chi connectivity index (χ0n) is 13.2. The number of anilines is 1. The molecule has 1 fully saturated rings. The van der Waals surface area contributed by atoms with Gasteiger partial charge in [-0.05, 0) is 23.8 Å². The van der Waals surface area contributed by atoms with Crippen molar-refractivity contribution in [2.45, 2.75) is 6.54 Å². The quantitative estimate of drug-likeness (QED) is 0.862. The van der Waals surface area contributed by atoms with Gasteiger partial charge in [0.25, 0.3) is 5.91 Å². The van der Waals surface area contributed by atoms with E-state index in [1.165, 1.54) is 17.4 Å². The smallest absolute Gasteiger partial charge is 0.261 e. The molecule has 6 nitrogen and oxygen atoms in total. The Hall–Kier alpha value is -2.38. The van der Waals surface area contributed by atoms with E-state index in [4.69, 9.17) is 10.5 Å². The molecule has 126 valence electrons. The number of nitrogens with two attached hydrogens (primary N) is 1. The van der Waals surface area contributed by atoms with Crippen LogP contribution in [0.4, 0.5) is 5.69 Å². The SMILES string of the molecule is NC(=O)c1csc(C(=O)NCc2ccc(N3CCOCC3)cc2)c1. The number of nitrogens with zero attached hydrogens (tertiary/aromatic N) is 1. The molecule has 1 aromatic heterocycles. The van der Waals surface area contributed by atoms with Gasteiger partial charge >= 0.3 is 0 Å². The Morgan fingerprint density at radius 3 is 2.54 bits per heavy atom. The van der Waals surface area contributed by atoms with Crippen molar-refractivity contribution in [2.24, 2.45) is 5.73 Å². The number of hydrogen-bond donors (Lipinski definition) is 2. The lowest BCUT2D eigenvalue weighted by Crippen LogP contribution is -2.36. The standard InChI is InChI=1S/C17H19N3O3S/c18-16(21)13-9-15(24-11-13)17(22)19-10-12-1-3-14(4-2-12)20-5-7-23-8-6-20/h1-4,9,11H,5-8,10H2,(H2,18,21)(H,19,22). The van der Waals surface area contributed by atoms with E-state index in [1.807, 2.05) is 12.1 Å². The Bertz CT molecular complexity index is 721. The number of benzene rings is 1. The normalized spacial score (nSPS) is 14.4. The maximum absolute atomic E-state index is 12.1. The van der Waals surface area contributed by atoms with E-state index in [1.54, 1.807) is 5.38 Å². The molecule has 0 aliphatic carbocycles. The topological polar surface area (TPSA) is 84.7 Å². The second-order valence-corrected chi connectivity index (χ2v) is 6.42. The molecule has 7 heteroatoms. The third kappa shape index (κ3) is 3.93. The second-order valence-electron chi connectivity index (χ2n) is 5.51. The highest BCUT2D eigenvalue weighted by Gasteiger charge is 2.12. The van der Waals surface area contributed by atoms with E-state index in [-0.39, 0.29) is 5.91 Å². The molecule has 2 aromatic rings. The summed E-state index contributed by atoms with van der Waals surface area (Å²) in [6, 6.07) is 9.65. The van der Waals surface area contributed by atoms with Crippen molar-refractivity contribution in [1.82, 2.24) is 5.32 Å².